The van der Waals surface area contributed by atoms with E-state index in [1.807, 2.05) is 0 Å². The van der Waals surface area contributed by atoms with Crippen molar-refractivity contribution in [3.05, 3.63) is 23.8 Å². The van der Waals surface area contributed by atoms with Crippen molar-refractivity contribution in [2.45, 2.75) is 95.9 Å². The van der Waals surface area contributed by atoms with Gasteiger partial charge in [-0.15, -0.1) is 0 Å². The molecule has 2 saturated heterocycles. The van der Waals surface area contributed by atoms with Crippen molar-refractivity contribution in [2.24, 2.45) is 40.4 Å². The molecule has 178 valence electrons. The quantitative estimate of drug-likeness (QED) is 0.498. The second-order valence-corrected chi connectivity index (χ2v) is 12.5. The first kappa shape index (κ1) is 21.8. The Morgan fingerprint density at radius 3 is 2.59 bits per heavy atom. The van der Waals surface area contributed by atoms with E-state index in [0.29, 0.717) is 49.5 Å². The number of aliphatic hydroxyl groups excluding tert-OH is 3. The Balaban J connectivity index is 1.31. The van der Waals surface area contributed by atoms with Gasteiger partial charge < -0.3 is 24.8 Å². The first-order chi connectivity index (χ1) is 15.1. The van der Waals surface area contributed by atoms with Gasteiger partial charge in [-0.1, -0.05) is 39.0 Å². The molecule has 0 aromatic rings. The minimum atomic E-state index is -0.886. The summed E-state index contributed by atoms with van der Waals surface area (Å²) in [4.78, 5) is 0. The van der Waals surface area contributed by atoms with Crippen molar-refractivity contribution >= 4 is 0 Å². The third-order valence-electron chi connectivity index (χ3n) is 11.2. The summed E-state index contributed by atoms with van der Waals surface area (Å²) in [5.41, 5.74) is 2.18. The van der Waals surface area contributed by atoms with E-state index < -0.39 is 24.1 Å². The molecule has 0 bridgehead atoms. The summed E-state index contributed by atoms with van der Waals surface area (Å²) in [7, 11) is 0. The molecule has 2 aliphatic heterocycles. The van der Waals surface area contributed by atoms with Crippen LogP contribution >= 0.6 is 0 Å². The second-order valence-electron chi connectivity index (χ2n) is 12.5. The average molecular weight is 445 g/mol. The number of fused-ring (bicyclic) bond motifs is 7. The van der Waals surface area contributed by atoms with E-state index in [0.717, 1.165) is 31.3 Å². The SMILES string of the molecule is C=C1COC2(OC3CC4C5CC=C6CC(O)CC(O)C6(C)C5CCC4(C)C3C2C)C(O)C1. The molecule has 12 atom stereocenters. The Morgan fingerprint density at radius 2 is 1.84 bits per heavy atom. The summed E-state index contributed by atoms with van der Waals surface area (Å²) in [5, 5.41) is 32.4. The molecule has 4 aliphatic carbocycles. The van der Waals surface area contributed by atoms with Crippen LogP contribution in [0.3, 0.4) is 0 Å². The fourth-order valence-electron chi connectivity index (χ4n) is 9.67. The smallest absolute Gasteiger partial charge is 0.198 e. The molecule has 2 heterocycles. The van der Waals surface area contributed by atoms with Gasteiger partial charge in [0.05, 0.1) is 24.9 Å². The van der Waals surface area contributed by atoms with Crippen LogP contribution in [0.25, 0.3) is 0 Å². The van der Waals surface area contributed by atoms with Gasteiger partial charge in [0.15, 0.2) is 5.79 Å². The van der Waals surface area contributed by atoms with Crippen LogP contribution in [0.4, 0.5) is 0 Å². The highest BCUT2D eigenvalue weighted by Crippen LogP contribution is 2.70. The summed E-state index contributed by atoms with van der Waals surface area (Å²) < 4.78 is 12.9. The molecule has 6 rings (SSSR count). The summed E-state index contributed by atoms with van der Waals surface area (Å²) >= 11 is 0. The maximum Gasteiger partial charge on any atom is 0.198 e. The van der Waals surface area contributed by atoms with Crippen LogP contribution in [0.15, 0.2) is 23.8 Å². The lowest BCUT2D eigenvalue weighted by Gasteiger charge is -2.59. The molecule has 32 heavy (non-hydrogen) atoms. The monoisotopic (exact) mass is 444 g/mol. The third kappa shape index (κ3) is 2.58. The number of rotatable bonds is 0. The van der Waals surface area contributed by atoms with Crippen LogP contribution < -0.4 is 0 Å². The Bertz CT molecular complexity index is 853. The van der Waals surface area contributed by atoms with Crippen molar-refractivity contribution in [3.63, 3.8) is 0 Å². The molecule has 3 saturated carbocycles. The summed E-state index contributed by atoms with van der Waals surface area (Å²) in [6.07, 6.45) is 7.03. The lowest BCUT2D eigenvalue weighted by Crippen LogP contribution is -2.57. The molecular weight excluding hydrogens is 404 g/mol. The predicted octanol–water partition coefficient (Wildman–Crippen LogP) is 3.58. The van der Waals surface area contributed by atoms with E-state index in [9.17, 15) is 15.3 Å². The van der Waals surface area contributed by atoms with Gasteiger partial charge in [-0.3, -0.25) is 0 Å². The van der Waals surface area contributed by atoms with Gasteiger partial charge >= 0.3 is 0 Å². The Morgan fingerprint density at radius 1 is 1.06 bits per heavy atom. The maximum atomic E-state index is 11.1. The highest BCUT2D eigenvalue weighted by Gasteiger charge is 2.70. The number of aliphatic hydroxyl groups is 3. The van der Waals surface area contributed by atoms with Gasteiger partial charge in [0, 0.05) is 24.2 Å². The predicted molar refractivity (Wildman–Crippen MR) is 120 cm³/mol. The van der Waals surface area contributed by atoms with Crippen molar-refractivity contribution in [1.82, 2.24) is 0 Å². The van der Waals surface area contributed by atoms with E-state index in [2.05, 4.69) is 33.4 Å². The van der Waals surface area contributed by atoms with Gasteiger partial charge in [-0.2, -0.15) is 0 Å². The zero-order chi connectivity index (χ0) is 22.6. The Hall–Kier alpha value is -0.720. The highest BCUT2D eigenvalue weighted by molar-refractivity contribution is 5.28. The van der Waals surface area contributed by atoms with Gasteiger partial charge in [0.2, 0.25) is 0 Å². The molecule has 5 heteroatoms. The first-order valence-corrected chi connectivity index (χ1v) is 12.8. The molecule has 5 fully saturated rings. The minimum absolute atomic E-state index is 0.121. The van der Waals surface area contributed by atoms with Gasteiger partial charge in [-0.25, -0.2) is 0 Å². The number of allylic oxidation sites excluding steroid dienone is 1. The van der Waals surface area contributed by atoms with Gasteiger partial charge in [0.25, 0.3) is 0 Å². The summed E-state index contributed by atoms with van der Waals surface area (Å²) in [6.45, 7) is 11.4. The fraction of sp³-hybridized carbons (Fsp3) is 0.852. The van der Waals surface area contributed by atoms with Crippen LogP contribution in [0.5, 0.6) is 0 Å². The topological polar surface area (TPSA) is 79.2 Å². The summed E-state index contributed by atoms with van der Waals surface area (Å²) in [6, 6.07) is 0. The van der Waals surface area contributed by atoms with E-state index in [1.165, 1.54) is 5.57 Å². The Kier molecular flexibility index (Phi) is 4.71. The van der Waals surface area contributed by atoms with E-state index in [-0.39, 0.29) is 22.9 Å². The second kappa shape index (κ2) is 6.91. The van der Waals surface area contributed by atoms with Gasteiger partial charge in [0.1, 0.15) is 6.10 Å². The molecule has 0 amide bonds. The molecular formula is C27H40O5. The number of hydrogen-bond acceptors (Lipinski definition) is 5. The molecule has 3 N–H and O–H groups in total. The number of ether oxygens (including phenoxy) is 2. The number of hydrogen-bond donors (Lipinski definition) is 3. The van der Waals surface area contributed by atoms with Crippen LogP contribution in [-0.4, -0.2) is 52.1 Å². The molecule has 6 aliphatic rings. The van der Waals surface area contributed by atoms with Gasteiger partial charge in [-0.05, 0) is 66.8 Å². The van der Waals surface area contributed by atoms with Crippen molar-refractivity contribution in [2.75, 3.05) is 6.61 Å². The van der Waals surface area contributed by atoms with Crippen molar-refractivity contribution in [3.8, 4) is 0 Å². The van der Waals surface area contributed by atoms with Crippen LogP contribution in [0.2, 0.25) is 0 Å². The normalized spacial score (nSPS) is 59.2. The molecule has 0 aromatic heterocycles. The zero-order valence-corrected chi connectivity index (χ0v) is 19.8. The standard InChI is InChI=1S/C27H40O5/c1-14-9-23(30)27(31-13-14)15(2)24-21(32-27)12-20-18-6-5-16-10-17(28)11-22(29)26(16,4)19(18)7-8-25(20,24)3/h5,15,17-24,28-30H,1,6-13H2,2-4H3. The van der Waals surface area contributed by atoms with E-state index in [1.54, 1.807) is 0 Å². The Labute approximate surface area is 191 Å². The minimum Gasteiger partial charge on any atom is -0.393 e. The lowest BCUT2D eigenvalue weighted by molar-refractivity contribution is -0.299. The third-order valence-corrected chi connectivity index (χ3v) is 11.2. The maximum absolute atomic E-state index is 11.1. The van der Waals surface area contributed by atoms with Crippen molar-refractivity contribution in [1.29, 1.82) is 0 Å². The average Bonchev–Trinajstić information content (AvgIpc) is 3.18. The molecule has 0 radical (unpaired) electrons. The van der Waals surface area contributed by atoms with Crippen LogP contribution in [-0.2, 0) is 9.47 Å². The van der Waals surface area contributed by atoms with E-state index >= 15 is 0 Å². The molecule has 1 spiro atoms. The fourth-order valence-corrected chi connectivity index (χ4v) is 9.67. The largest absolute Gasteiger partial charge is 0.393 e. The summed E-state index contributed by atoms with van der Waals surface area (Å²) in [5.74, 6) is 1.20. The van der Waals surface area contributed by atoms with Crippen LogP contribution in [0.1, 0.15) is 65.7 Å². The first-order valence-electron chi connectivity index (χ1n) is 12.8. The highest BCUT2D eigenvalue weighted by atomic mass is 16.7. The molecule has 5 nitrogen and oxygen atoms in total. The molecule has 12 unspecified atom stereocenters. The van der Waals surface area contributed by atoms with E-state index in [4.69, 9.17) is 9.47 Å². The lowest BCUT2D eigenvalue weighted by atomic mass is 9.46. The zero-order valence-electron chi connectivity index (χ0n) is 19.8. The van der Waals surface area contributed by atoms with Crippen LogP contribution in [0, 0.1) is 40.4 Å². The van der Waals surface area contributed by atoms with Crippen molar-refractivity contribution < 1.29 is 24.8 Å². The molecule has 0 aromatic carbocycles.